The number of ether oxygens (including phenoxy) is 2. The van der Waals surface area contributed by atoms with Crippen LogP contribution < -0.4 is 4.74 Å². The summed E-state index contributed by atoms with van der Waals surface area (Å²) in [6.07, 6.45) is -5.40. The molecule has 1 aromatic rings. The van der Waals surface area contributed by atoms with E-state index in [0.29, 0.717) is 11.3 Å². The highest BCUT2D eigenvalue weighted by Gasteiger charge is 2.32. The summed E-state index contributed by atoms with van der Waals surface area (Å²) in [5.74, 6) is 0.566. The molecule has 0 heterocycles. The molecule has 0 aromatic heterocycles. The summed E-state index contributed by atoms with van der Waals surface area (Å²) in [5.41, 5.74) is 0.473. The average Bonchev–Trinajstić information content (AvgIpc) is 2.35. The van der Waals surface area contributed by atoms with Gasteiger partial charge in [0.1, 0.15) is 5.75 Å². The molecule has 0 radical (unpaired) electrons. The lowest BCUT2D eigenvalue weighted by Crippen LogP contribution is -2.15. The topological polar surface area (TPSA) is 18.5 Å². The van der Waals surface area contributed by atoms with E-state index in [0.717, 1.165) is 6.42 Å². The number of alkyl halides is 3. The fourth-order valence-electron chi connectivity index (χ4n) is 1.65. The van der Waals surface area contributed by atoms with Gasteiger partial charge in [0.2, 0.25) is 0 Å². The van der Waals surface area contributed by atoms with Crippen LogP contribution in [0.5, 0.6) is 5.75 Å². The van der Waals surface area contributed by atoms with Gasteiger partial charge in [-0.1, -0.05) is 19.1 Å². The smallest absolute Gasteiger partial charge is 0.391 e. The Morgan fingerprint density at radius 2 is 1.95 bits per heavy atom. The first kappa shape index (κ1) is 15.8. The van der Waals surface area contributed by atoms with Crippen molar-refractivity contribution >= 4 is 0 Å². The minimum atomic E-state index is -4.26. The third-order valence-electron chi connectivity index (χ3n) is 2.84. The SMILES string of the molecule is CCC(C)Oc1cccc(C(CC(F)(F)F)OC)c1. The highest BCUT2D eigenvalue weighted by Crippen LogP contribution is 2.33. The molecule has 2 nitrogen and oxygen atoms in total. The Balaban J connectivity index is 2.84. The van der Waals surface area contributed by atoms with Gasteiger partial charge in [-0.3, -0.25) is 0 Å². The summed E-state index contributed by atoms with van der Waals surface area (Å²) in [6.45, 7) is 3.90. The van der Waals surface area contributed by atoms with Gasteiger partial charge in [-0.2, -0.15) is 13.2 Å². The van der Waals surface area contributed by atoms with Crippen LogP contribution in [0, 0.1) is 0 Å². The average molecular weight is 276 g/mol. The van der Waals surface area contributed by atoms with Crippen LogP contribution in [0.25, 0.3) is 0 Å². The monoisotopic (exact) mass is 276 g/mol. The van der Waals surface area contributed by atoms with Crippen LogP contribution in [0.15, 0.2) is 24.3 Å². The van der Waals surface area contributed by atoms with Crippen LogP contribution in [-0.2, 0) is 4.74 Å². The van der Waals surface area contributed by atoms with E-state index in [-0.39, 0.29) is 6.10 Å². The molecule has 0 saturated heterocycles. The minimum Gasteiger partial charge on any atom is -0.491 e. The molecule has 0 amide bonds. The van der Waals surface area contributed by atoms with Crippen molar-refractivity contribution in [1.82, 2.24) is 0 Å². The van der Waals surface area contributed by atoms with E-state index < -0.39 is 18.7 Å². The first-order valence-corrected chi connectivity index (χ1v) is 6.22. The Kier molecular flexibility index (Phi) is 5.66. The first-order chi connectivity index (χ1) is 8.85. The molecule has 0 fully saturated rings. The number of methoxy groups -OCH3 is 1. The van der Waals surface area contributed by atoms with Crippen LogP contribution in [0.4, 0.5) is 13.2 Å². The van der Waals surface area contributed by atoms with E-state index in [2.05, 4.69) is 0 Å². The molecule has 0 aliphatic rings. The van der Waals surface area contributed by atoms with E-state index in [1.54, 1.807) is 24.3 Å². The lowest BCUT2D eigenvalue weighted by Gasteiger charge is -2.19. The Bertz CT molecular complexity index is 391. The predicted molar refractivity (Wildman–Crippen MR) is 67.2 cm³/mol. The second kappa shape index (κ2) is 6.80. The van der Waals surface area contributed by atoms with E-state index in [1.807, 2.05) is 13.8 Å². The molecule has 2 atom stereocenters. The van der Waals surface area contributed by atoms with Gasteiger partial charge in [0.25, 0.3) is 0 Å². The van der Waals surface area contributed by atoms with Gasteiger partial charge in [-0.15, -0.1) is 0 Å². The van der Waals surface area contributed by atoms with Gasteiger partial charge < -0.3 is 9.47 Å². The van der Waals surface area contributed by atoms with E-state index in [1.165, 1.54) is 7.11 Å². The zero-order valence-electron chi connectivity index (χ0n) is 11.3. The molecular weight excluding hydrogens is 257 g/mol. The molecule has 0 saturated carbocycles. The zero-order valence-corrected chi connectivity index (χ0v) is 11.3. The van der Waals surface area contributed by atoms with Gasteiger partial charge in [0.05, 0.1) is 18.6 Å². The Morgan fingerprint density at radius 1 is 1.26 bits per heavy atom. The summed E-state index contributed by atoms with van der Waals surface area (Å²) in [6, 6.07) is 6.63. The fourth-order valence-corrected chi connectivity index (χ4v) is 1.65. The Morgan fingerprint density at radius 3 is 2.47 bits per heavy atom. The van der Waals surface area contributed by atoms with E-state index in [4.69, 9.17) is 9.47 Å². The Hall–Kier alpha value is -1.23. The molecule has 0 bridgehead atoms. The summed E-state index contributed by atoms with van der Waals surface area (Å²) < 4.78 is 47.8. The fraction of sp³-hybridized carbons (Fsp3) is 0.571. The van der Waals surface area contributed by atoms with Gasteiger partial charge in [0, 0.05) is 7.11 Å². The maximum absolute atomic E-state index is 12.4. The van der Waals surface area contributed by atoms with Crippen molar-refractivity contribution in [2.24, 2.45) is 0 Å². The molecule has 5 heteroatoms. The Labute approximate surface area is 111 Å². The highest BCUT2D eigenvalue weighted by molar-refractivity contribution is 5.30. The van der Waals surface area contributed by atoms with Crippen molar-refractivity contribution in [3.8, 4) is 5.75 Å². The lowest BCUT2D eigenvalue weighted by molar-refractivity contribution is -0.158. The van der Waals surface area contributed by atoms with Crippen LogP contribution in [0.1, 0.15) is 38.4 Å². The van der Waals surface area contributed by atoms with E-state index >= 15 is 0 Å². The number of halogens is 3. The van der Waals surface area contributed by atoms with Crippen LogP contribution in [0.2, 0.25) is 0 Å². The molecule has 2 unspecified atom stereocenters. The van der Waals surface area contributed by atoms with Gasteiger partial charge in [-0.25, -0.2) is 0 Å². The van der Waals surface area contributed by atoms with Crippen LogP contribution >= 0.6 is 0 Å². The lowest BCUT2D eigenvalue weighted by atomic mass is 10.1. The zero-order chi connectivity index (χ0) is 14.5. The second-order valence-electron chi connectivity index (χ2n) is 4.45. The predicted octanol–water partition coefficient (Wildman–Crippen LogP) is 4.50. The van der Waals surface area contributed by atoms with Crippen molar-refractivity contribution in [3.63, 3.8) is 0 Å². The second-order valence-corrected chi connectivity index (χ2v) is 4.45. The summed E-state index contributed by atoms with van der Waals surface area (Å²) in [4.78, 5) is 0. The number of hydrogen-bond acceptors (Lipinski definition) is 2. The summed E-state index contributed by atoms with van der Waals surface area (Å²) >= 11 is 0. The van der Waals surface area contributed by atoms with Crippen LogP contribution in [0.3, 0.4) is 0 Å². The maximum atomic E-state index is 12.4. The molecule has 0 spiro atoms. The standard InChI is InChI=1S/C14H19F3O2/c1-4-10(2)19-12-7-5-6-11(8-12)13(18-3)9-14(15,16)17/h5-8,10,13H,4,9H2,1-3H3. The highest BCUT2D eigenvalue weighted by atomic mass is 19.4. The first-order valence-electron chi connectivity index (χ1n) is 6.22. The molecule has 0 aliphatic heterocycles. The van der Waals surface area contributed by atoms with Crippen molar-refractivity contribution in [1.29, 1.82) is 0 Å². The largest absolute Gasteiger partial charge is 0.491 e. The molecule has 1 aromatic carbocycles. The van der Waals surface area contributed by atoms with E-state index in [9.17, 15) is 13.2 Å². The molecule has 0 N–H and O–H groups in total. The molecule has 0 aliphatic carbocycles. The molecule has 108 valence electrons. The van der Waals surface area contributed by atoms with Crippen LogP contribution in [-0.4, -0.2) is 19.4 Å². The molecule has 1 rings (SSSR count). The quantitative estimate of drug-likeness (QED) is 0.761. The number of rotatable bonds is 6. The van der Waals surface area contributed by atoms with Crippen molar-refractivity contribution in [2.45, 2.75) is 45.1 Å². The van der Waals surface area contributed by atoms with Gasteiger partial charge in [0.15, 0.2) is 0 Å². The normalized spacial score (nSPS) is 15.1. The number of hydrogen-bond donors (Lipinski definition) is 0. The van der Waals surface area contributed by atoms with Crippen molar-refractivity contribution in [2.75, 3.05) is 7.11 Å². The molecule has 19 heavy (non-hydrogen) atoms. The van der Waals surface area contributed by atoms with Crippen molar-refractivity contribution in [3.05, 3.63) is 29.8 Å². The summed E-state index contributed by atoms with van der Waals surface area (Å²) in [7, 11) is 1.28. The van der Waals surface area contributed by atoms with Gasteiger partial charge in [-0.05, 0) is 31.0 Å². The molecular formula is C14H19F3O2. The van der Waals surface area contributed by atoms with Crippen molar-refractivity contribution < 1.29 is 22.6 Å². The maximum Gasteiger partial charge on any atom is 0.391 e. The summed E-state index contributed by atoms with van der Waals surface area (Å²) in [5, 5.41) is 0. The van der Waals surface area contributed by atoms with Gasteiger partial charge >= 0.3 is 6.18 Å². The minimum absolute atomic E-state index is 0.0267. The third-order valence-corrected chi connectivity index (χ3v) is 2.84. The number of benzene rings is 1. The third kappa shape index (κ3) is 5.51.